The molecule has 0 unspecified atom stereocenters. The van der Waals surface area contributed by atoms with Gasteiger partial charge in [0.15, 0.2) is 11.5 Å². The van der Waals surface area contributed by atoms with Crippen LogP contribution in [-0.2, 0) is 15.7 Å². The van der Waals surface area contributed by atoms with E-state index in [1.807, 2.05) is 14.0 Å². The third-order valence-electron chi connectivity index (χ3n) is 9.85. The molecule has 1 saturated carbocycles. The second-order valence-corrected chi connectivity index (χ2v) is 13.5. The number of aromatic amines is 1. The number of fused-ring (bicyclic) bond motifs is 1. The number of halogens is 3. The molecule has 274 valence electrons. The molecular formula is C35H43F3N9NaO4. The molecule has 1 aliphatic carbocycles. The molecular weight excluding hydrogens is 690 g/mol. The Balaban J connectivity index is 0.00000523. The average molecular weight is 734 g/mol. The molecule has 6 rings (SSSR count). The summed E-state index contributed by atoms with van der Waals surface area (Å²) in [5, 5.41) is 10.9. The number of alkyl halides is 3. The summed E-state index contributed by atoms with van der Waals surface area (Å²) < 4.78 is 53.1. The van der Waals surface area contributed by atoms with Gasteiger partial charge in [0.2, 0.25) is 5.88 Å². The van der Waals surface area contributed by atoms with Crippen LogP contribution in [0.3, 0.4) is 0 Å². The number of ether oxygens (including phenoxy) is 2. The topological polar surface area (TPSA) is 149 Å². The van der Waals surface area contributed by atoms with E-state index in [2.05, 4.69) is 34.6 Å². The number of carbonyl (C=O) groups excluding carboxylic acids is 1. The molecule has 2 aliphatic rings. The Morgan fingerprint density at radius 3 is 2.50 bits per heavy atom. The zero-order chi connectivity index (χ0) is 36.3. The molecule has 1 saturated heterocycles. The van der Waals surface area contributed by atoms with Crippen LogP contribution < -0.4 is 49.2 Å². The molecule has 1 N–H and O–H groups in total. The number of nitrogens with zero attached hydrogens (tertiary/aromatic N) is 8. The average Bonchev–Trinajstić information content (AvgIpc) is 3.74. The van der Waals surface area contributed by atoms with Crippen LogP contribution in [0.25, 0.3) is 33.9 Å². The van der Waals surface area contributed by atoms with Gasteiger partial charge in [-0.25, -0.2) is 24.9 Å². The molecule has 17 heteroatoms. The summed E-state index contributed by atoms with van der Waals surface area (Å²) >= 11 is 0. The molecule has 0 aromatic carbocycles. The first kappa shape index (κ1) is 39.6. The van der Waals surface area contributed by atoms with Crippen LogP contribution in [0.4, 0.5) is 24.7 Å². The first-order chi connectivity index (χ1) is 24.4. The summed E-state index contributed by atoms with van der Waals surface area (Å²) in [6.07, 6.45) is 4.17. The molecule has 4 aromatic rings. The summed E-state index contributed by atoms with van der Waals surface area (Å²) in [5.41, 5.74) is 1.53. The predicted octanol–water partition coefficient (Wildman–Crippen LogP) is 1.19. The Bertz CT molecular complexity index is 1840. The Kier molecular flexibility index (Phi) is 12.7. The van der Waals surface area contributed by atoms with Crippen molar-refractivity contribution in [3.05, 3.63) is 36.3 Å². The Hall–Kier alpha value is -3.57. The second-order valence-electron chi connectivity index (χ2n) is 13.5. The van der Waals surface area contributed by atoms with E-state index in [-0.39, 0.29) is 65.3 Å². The summed E-state index contributed by atoms with van der Waals surface area (Å²) in [4.78, 5) is 43.4. The van der Waals surface area contributed by atoms with Gasteiger partial charge >= 0.3 is 35.7 Å². The Morgan fingerprint density at radius 1 is 1.10 bits per heavy atom. The molecule has 52 heavy (non-hydrogen) atoms. The zero-order valence-corrected chi connectivity index (χ0v) is 32.3. The number of pyridine rings is 2. The van der Waals surface area contributed by atoms with Gasteiger partial charge in [0.1, 0.15) is 22.6 Å². The number of carboxylic acids is 1. The fourth-order valence-electron chi connectivity index (χ4n) is 7.33. The standard InChI is InChI=1S/C35H44F3N9O4.Na/c1-5-51-33-24(35(36,37)38)14-23(16-41-33)25-15-27(45(3)20-34(21-50-4)9-6-7-10-34)30-32(42-25)44-31(43-30)26-17-40-28(18-39-26)47-13-12-46(22(2)19-47)11-8-29(48)49;/h14-18,22H,5-13,19-21H2,1-4H3,(H,48,49)(H,42,43,44);/q;+1/p-1/t22-;/m1./s1. The third kappa shape index (κ3) is 8.79. The Labute approximate surface area is 322 Å². The van der Waals surface area contributed by atoms with Gasteiger partial charge in [0.05, 0.1) is 37.0 Å². The molecule has 0 amide bonds. The number of imidazole rings is 1. The van der Waals surface area contributed by atoms with Crippen LogP contribution in [0.2, 0.25) is 0 Å². The number of rotatable bonds is 13. The van der Waals surface area contributed by atoms with Gasteiger partial charge in [0.25, 0.3) is 0 Å². The fourth-order valence-corrected chi connectivity index (χ4v) is 7.33. The third-order valence-corrected chi connectivity index (χ3v) is 9.85. The molecule has 0 spiro atoms. The van der Waals surface area contributed by atoms with Gasteiger partial charge in [-0.05, 0) is 45.2 Å². The number of aromatic nitrogens is 6. The predicted molar refractivity (Wildman–Crippen MR) is 183 cm³/mol. The number of carboxylic acid groups (broad SMARTS) is 1. The minimum absolute atomic E-state index is 0. The van der Waals surface area contributed by atoms with Crippen molar-refractivity contribution in [2.24, 2.45) is 5.41 Å². The first-order valence-electron chi connectivity index (χ1n) is 17.2. The SMILES string of the molecule is CCOc1ncc(-c2cc(N(C)CC3(COC)CCCC3)c3[nH]c(-c4cnc(N5CCN(CCC(=O)[O-])[C@H](C)C5)cn4)nc3n2)cc1C(F)(F)F.[Na+]. The van der Waals surface area contributed by atoms with Crippen LogP contribution in [0.5, 0.6) is 5.88 Å². The number of aliphatic carboxylic acids is 1. The van der Waals surface area contributed by atoms with Gasteiger partial charge in [-0.1, -0.05) is 12.8 Å². The van der Waals surface area contributed by atoms with Crippen LogP contribution in [0, 0.1) is 5.41 Å². The van der Waals surface area contributed by atoms with Crippen LogP contribution >= 0.6 is 0 Å². The molecule has 4 aromatic heterocycles. The van der Waals surface area contributed by atoms with Crippen molar-refractivity contribution < 1.29 is 62.1 Å². The van der Waals surface area contributed by atoms with E-state index in [1.54, 1.807) is 32.5 Å². The number of hydrogen-bond donors (Lipinski definition) is 1. The second kappa shape index (κ2) is 16.6. The van der Waals surface area contributed by atoms with Crippen molar-refractivity contribution in [2.45, 2.75) is 58.2 Å². The van der Waals surface area contributed by atoms with Gasteiger partial charge in [-0.2, -0.15) is 13.2 Å². The minimum Gasteiger partial charge on any atom is -0.550 e. The maximum Gasteiger partial charge on any atom is 1.00 e. The van der Waals surface area contributed by atoms with Crippen molar-refractivity contribution >= 4 is 28.6 Å². The monoisotopic (exact) mass is 733 g/mol. The fraction of sp³-hybridized carbons (Fsp3) is 0.543. The van der Waals surface area contributed by atoms with Crippen molar-refractivity contribution in [1.82, 2.24) is 34.8 Å². The number of piperazine rings is 1. The number of nitrogens with one attached hydrogen (secondary N) is 1. The van der Waals surface area contributed by atoms with Gasteiger partial charge in [0, 0.05) is 76.1 Å². The number of anilines is 2. The van der Waals surface area contributed by atoms with E-state index in [4.69, 9.17) is 19.4 Å². The van der Waals surface area contributed by atoms with Crippen molar-refractivity contribution in [1.29, 1.82) is 0 Å². The molecule has 5 heterocycles. The van der Waals surface area contributed by atoms with Crippen molar-refractivity contribution in [3.8, 4) is 28.7 Å². The van der Waals surface area contributed by atoms with E-state index >= 15 is 0 Å². The summed E-state index contributed by atoms with van der Waals surface area (Å²) in [5.74, 6) is -0.442. The van der Waals surface area contributed by atoms with Crippen molar-refractivity contribution in [2.75, 3.05) is 69.9 Å². The summed E-state index contributed by atoms with van der Waals surface area (Å²) in [6.45, 7) is 7.40. The molecule has 13 nitrogen and oxygen atoms in total. The van der Waals surface area contributed by atoms with Crippen LogP contribution in [-0.4, -0.2) is 107 Å². The molecule has 1 atom stereocenters. The maximum absolute atomic E-state index is 14.1. The van der Waals surface area contributed by atoms with Gasteiger partial charge < -0.3 is 34.2 Å². The van der Waals surface area contributed by atoms with E-state index in [1.165, 1.54) is 6.20 Å². The maximum atomic E-state index is 14.1. The molecule has 0 bridgehead atoms. The number of hydrogen-bond acceptors (Lipinski definition) is 12. The number of methoxy groups -OCH3 is 1. The van der Waals surface area contributed by atoms with Crippen LogP contribution in [0.1, 0.15) is 51.5 Å². The van der Waals surface area contributed by atoms with E-state index in [0.717, 1.165) is 31.7 Å². The van der Waals surface area contributed by atoms with E-state index in [0.29, 0.717) is 73.5 Å². The minimum atomic E-state index is -4.68. The Morgan fingerprint density at radius 2 is 1.87 bits per heavy atom. The smallest absolute Gasteiger partial charge is 0.550 e. The summed E-state index contributed by atoms with van der Waals surface area (Å²) in [7, 11) is 3.66. The van der Waals surface area contributed by atoms with E-state index < -0.39 is 23.6 Å². The molecule has 2 fully saturated rings. The molecule has 0 radical (unpaired) electrons. The largest absolute Gasteiger partial charge is 1.00 e. The summed E-state index contributed by atoms with van der Waals surface area (Å²) in [6, 6.07) is 2.90. The quantitative estimate of drug-likeness (QED) is 0.197. The zero-order valence-electron chi connectivity index (χ0n) is 30.3. The number of carbonyl (C=O) groups is 1. The molecule has 1 aliphatic heterocycles. The van der Waals surface area contributed by atoms with Crippen LogP contribution in [0.15, 0.2) is 30.7 Å². The van der Waals surface area contributed by atoms with E-state index in [9.17, 15) is 23.1 Å². The van der Waals surface area contributed by atoms with Gasteiger partial charge in [-0.15, -0.1) is 0 Å². The normalized spacial score (nSPS) is 17.7. The van der Waals surface area contributed by atoms with Crippen molar-refractivity contribution in [3.63, 3.8) is 0 Å². The first-order valence-corrected chi connectivity index (χ1v) is 17.2. The number of H-pyrrole nitrogens is 1. The van der Waals surface area contributed by atoms with Gasteiger partial charge in [-0.3, -0.25) is 4.90 Å².